The number of sulfonamides is 1. The summed E-state index contributed by atoms with van der Waals surface area (Å²) in [6.07, 6.45) is 5.00. The third kappa shape index (κ3) is 3.64. The fourth-order valence-corrected chi connectivity index (χ4v) is 4.29. The van der Waals surface area contributed by atoms with E-state index in [1.54, 1.807) is 21.4 Å². The molecule has 2 rings (SSSR count). The molecule has 21 heavy (non-hydrogen) atoms. The van der Waals surface area contributed by atoms with Gasteiger partial charge in [0.25, 0.3) is 10.0 Å². The van der Waals surface area contributed by atoms with Crippen LogP contribution in [0.15, 0.2) is 17.6 Å². The zero-order chi connectivity index (χ0) is 15.5. The summed E-state index contributed by atoms with van der Waals surface area (Å²) in [7, 11) is -3.43. The SMILES string of the molecule is CCNC(C)C1CCN(S(=O)(=O)c2cn(CC)cn2)CC1. The van der Waals surface area contributed by atoms with Crippen molar-refractivity contribution in [1.29, 1.82) is 0 Å². The number of aryl methyl sites for hydroxylation is 1. The zero-order valence-corrected chi connectivity index (χ0v) is 13.9. The molecule has 1 saturated heterocycles. The molecule has 0 saturated carbocycles. The third-order valence-electron chi connectivity index (χ3n) is 4.31. The maximum absolute atomic E-state index is 12.6. The van der Waals surface area contributed by atoms with Gasteiger partial charge in [-0.05, 0) is 39.2 Å². The number of nitrogens with zero attached hydrogens (tertiary/aromatic N) is 3. The lowest BCUT2D eigenvalue weighted by molar-refractivity contribution is 0.232. The standard InChI is InChI=1S/C14H26N4O2S/c1-4-15-12(3)13-6-8-18(9-7-13)21(19,20)14-10-17(5-2)11-16-14/h10-13,15H,4-9H2,1-3H3. The van der Waals surface area contributed by atoms with Gasteiger partial charge in [-0.3, -0.25) is 0 Å². The Morgan fingerprint density at radius 2 is 2.05 bits per heavy atom. The smallest absolute Gasteiger partial charge is 0.262 e. The number of piperidine rings is 1. The van der Waals surface area contributed by atoms with E-state index >= 15 is 0 Å². The van der Waals surface area contributed by atoms with Gasteiger partial charge < -0.3 is 9.88 Å². The van der Waals surface area contributed by atoms with Gasteiger partial charge in [0.1, 0.15) is 0 Å². The van der Waals surface area contributed by atoms with Crippen molar-refractivity contribution in [2.24, 2.45) is 5.92 Å². The quantitative estimate of drug-likeness (QED) is 0.859. The maximum atomic E-state index is 12.6. The lowest BCUT2D eigenvalue weighted by Gasteiger charge is -2.34. The van der Waals surface area contributed by atoms with Crippen LogP contribution in [0.4, 0.5) is 0 Å². The molecule has 1 aromatic heterocycles. The van der Waals surface area contributed by atoms with Crippen LogP contribution >= 0.6 is 0 Å². The molecule has 1 aliphatic heterocycles. The molecule has 0 bridgehead atoms. The summed E-state index contributed by atoms with van der Waals surface area (Å²) < 4.78 is 28.5. The number of rotatable bonds is 6. The lowest BCUT2D eigenvalue weighted by atomic mass is 9.91. The van der Waals surface area contributed by atoms with Crippen LogP contribution < -0.4 is 5.32 Å². The summed E-state index contributed by atoms with van der Waals surface area (Å²) in [5.41, 5.74) is 0. The van der Waals surface area contributed by atoms with Gasteiger partial charge in [0.15, 0.2) is 5.03 Å². The molecule has 0 spiro atoms. The van der Waals surface area contributed by atoms with E-state index in [0.29, 0.717) is 25.0 Å². The van der Waals surface area contributed by atoms with E-state index in [2.05, 4.69) is 24.1 Å². The van der Waals surface area contributed by atoms with Gasteiger partial charge in [-0.2, -0.15) is 4.31 Å². The number of imidazole rings is 1. The highest BCUT2D eigenvalue weighted by molar-refractivity contribution is 7.89. The molecule has 2 heterocycles. The van der Waals surface area contributed by atoms with Gasteiger partial charge >= 0.3 is 0 Å². The van der Waals surface area contributed by atoms with Gasteiger partial charge in [-0.1, -0.05) is 6.92 Å². The molecule has 0 radical (unpaired) electrons. The Kier molecular flexibility index (Phi) is 5.40. The Morgan fingerprint density at radius 1 is 1.38 bits per heavy atom. The van der Waals surface area contributed by atoms with Crippen LogP contribution in [0.5, 0.6) is 0 Å². The third-order valence-corrected chi connectivity index (χ3v) is 6.10. The van der Waals surface area contributed by atoms with Crippen LogP contribution in [0, 0.1) is 5.92 Å². The van der Waals surface area contributed by atoms with Crippen molar-refractivity contribution in [2.75, 3.05) is 19.6 Å². The lowest BCUT2D eigenvalue weighted by Crippen LogP contribution is -2.44. The Balaban J connectivity index is 2.00. The number of hydrogen-bond acceptors (Lipinski definition) is 4. The monoisotopic (exact) mass is 314 g/mol. The van der Waals surface area contributed by atoms with E-state index in [1.807, 2.05) is 6.92 Å². The first kappa shape index (κ1) is 16.5. The first-order valence-electron chi connectivity index (χ1n) is 7.74. The molecule has 6 nitrogen and oxygen atoms in total. The number of hydrogen-bond donors (Lipinski definition) is 1. The van der Waals surface area contributed by atoms with E-state index in [-0.39, 0.29) is 5.03 Å². The molecule has 120 valence electrons. The molecule has 1 unspecified atom stereocenters. The average Bonchev–Trinajstić information content (AvgIpc) is 2.97. The zero-order valence-electron chi connectivity index (χ0n) is 13.1. The van der Waals surface area contributed by atoms with Gasteiger partial charge in [0, 0.05) is 31.9 Å². The molecule has 0 amide bonds. The van der Waals surface area contributed by atoms with Crippen LogP contribution in [0.2, 0.25) is 0 Å². The normalized spacial score (nSPS) is 19.8. The fraction of sp³-hybridized carbons (Fsp3) is 0.786. The van der Waals surface area contributed by atoms with Gasteiger partial charge in [0.2, 0.25) is 0 Å². The van der Waals surface area contributed by atoms with Crippen molar-refractivity contribution >= 4 is 10.0 Å². The molecule has 1 atom stereocenters. The van der Waals surface area contributed by atoms with Crippen LogP contribution in [0.1, 0.15) is 33.6 Å². The fourth-order valence-electron chi connectivity index (χ4n) is 2.88. The first-order chi connectivity index (χ1) is 9.98. The van der Waals surface area contributed by atoms with Crippen molar-refractivity contribution < 1.29 is 8.42 Å². The summed E-state index contributed by atoms with van der Waals surface area (Å²) >= 11 is 0. The van der Waals surface area contributed by atoms with E-state index < -0.39 is 10.0 Å². The largest absolute Gasteiger partial charge is 0.336 e. The molecule has 0 aromatic carbocycles. The predicted octanol–water partition coefficient (Wildman–Crippen LogP) is 1.30. The van der Waals surface area contributed by atoms with Crippen molar-refractivity contribution in [1.82, 2.24) is 19.2 Å². The topological polar surface area (TPSA) is 67.2 Å². The molecule has 7 heteroatoms. The summed E-state index contributed by atoms with van der Waals surface area (Å²) in [6.45, 7) is 9.09. The minimum absolute atomic E-state index is 0.169. The Bertz CT molecular complexity index is 547. The van der Waals surface area contributed by atoms with Crippen molar-refractivity contribution in [3.8, 4) is 0 Å². The molecular weight excluding hydrogens is 288 g/mol. The van der Waals surface area contributed by atoms with E-state index in [9.17, 15) is 8.42 Å². The minimum atomic E-state index is -3.43. The van der Waals surface area contributed by atoms with Crippen molar-refractivity contribution in [3.05, 3.63) is 12.5 Å². The second-order valence-electron chi connectivity index (χ2n) is 5.63. The molecule has 1 N–H and O–H groups in total. The summed E-state index contributed by atoms with van der Waals surface area (Å²) in [6, 6.07) is 0.444. The maximum Gasteiger partial charge on any atom is 0.262 e. The highest BCUT2D eigenvalue weighted by Crippen LogP contribution is 2.25. The minimum Gasteiger partial charge on any atom is -0.336 e. The molecular formula is C14H26N4O2S. The molecule has 1 aliphatic rings. The second kappa shape index (κ2) is 6.89. The summed E-state index contributed by atoms with van der Waals surface area (Å²) in [4.78, 5) is 4.04. The average molecular weight is 314 g/mol. The Labute approximate surface area is 127 Å². The van der Waals surface area contributed by atoms with Gasteiger partial charge in [-0.25, -0.2) is 13.4 Å². The Hall–Kier alpha value is -0.920. The predicted molar refractivity (Wildman–Crippen MR) is 82.5 cm³/mol. The van der Waals surface area contributed by atoms with E-state index in [0.717, 1.165) is 25.9 Å². The first-order valence-corrected chi connectivity index (χ1v) is 9.18. The van der Waals surface area contributed by atoms with Gasteiger partial charge in [-0.15, -0.1) is 0 Å². The van der Waals surface area contributed by atoms with Crippen molar-refractivity contribution in [2.45, 2.75) is 51.2 Å². The molecule has 1 aromatic rings. The van der Waals surface area contributed by atoms with Gasteiger partial charge in [0.05, 0.1) is 6.33 Å². The number of nitrogens with one attached hydrogen (secondary N) is 1. The van der Waals surface area contributed by atoms with Crippen LogP contribution in [0.25, 0.3) is 0 Å². The van der Waals surface area contributed by atoms with E-state index in [4.69, 9.17) is 0 Å². The second-order valence-corrected chi connectivity index (χ2v) is 7.52. The van der Waals surface area contributed by atoms with Crippen molar-refractivity contribution in [3.63, 3.8) is 0 Å². The summed E-state index contributed by atoms with van der Waals surface area (Å²) in [5, 5.41) is 3.60. The van der Waals surface area contributed by atoms with Crippen LogP contribution in [-0.4, -0.2) is 48.0 Å². The highest BCUT2D eigenvalue weighted by atomic mass is 32.2. The Morgan fingerprint density at radius 3 is 2.57 bits per heavy atom. The van der Waals surface area contributed by atoms with E-state index in [1.165, 1.54) is 0 Å². The summed E-state index contributed by atoms with van der Waals surface area (Å²) in [5.74, 6) is 0.546. The molecule has 0 aliphatic carbocycles. The number of aromatic nitrogens is 2. The highest BCUT2D eigenvalue weighted by Gasteiger charge is 2.32. The van der Waals surface area contributed by atoms with Crippen LogP contribution in [0.3, 0.4) is 0 Å². The van der Waals surface area contributed by atoms with Crippen LogP contribution in [-0.2, 0) is 16.6 Å². The molecule has 1 fully saturated rings.